The highest BCUT2D eigenvalue weighted by Gasteiger charge is 2.46. The van der Waals surface area contributed by atoms with Gasteiger partial charge in [-0.25, -0.2) is 0 Å². The van der Waals surface area contributed by atoms with E-state index in [9.17, 15) is 26.3 Å². The summed E-state index contributed by atoms with van der Waals surface area (Å²) in [7, 11) is 0. The van der Waals surface area contributed by atoms with Crippen LogP contribution in [0.5, 0.6) is 0 Å². The molecule has 7 heteroatoms. The zero-order valence-electron chi connectivity index (χ0n) is 7.40. The number of alkyl halides is 6. The van der Waals surface area contributed by atoms with Gasteiger partial charge in [0.25, 0.3) is 0 Å². The maximum atomic E-state index is 12.0. The maximum Gasteiger partial charge on any atom is 0.418 e. The summed E-state index contributed by atoms with van der Waals surface area (Å²) in [6, 6.07) is 0. The minimum absolute atomic E-state index is 0.252. The fourth-order valence-electron chi connectivity index (χ4n) is 0.691. The van der Waals surface area contributed by atoms with Crippen LogP contribution in [0.4, 0.5) is 26.3 Å². The van der Waals surface area contributed by atoms with Crippen molar-refractivity contribution in [3.05, 3.63) is 25.3 Å². The molecule has 2 atom stereocenters. The first-order valence-corrected chi connectivity index (χ1v) is 3.67. The van der Waals surface area contributed by atoms with Crippen LogP contribution in [-0.2, 0) is 4.74 Å². The maximum absolute atomic E-state index is 12.0. The van der Waals surface area contributed by atoms with Crippen LogP contribution in [0, 0.1) is 0 Å². The molecule has 0 fully saturated rings. The van der Waals surface area contributed by atoms with Gasteiger partial charge in [-0.05, 0) is 0 Å². The molecule has 0 spiro atoms. The Bertz CT molecular complexity index is 204. The van der Waals surface area contributed by atoms with Crippen molar-refractivity contribution in [3.8, 4) is 0 Å². The molecule has 0 rings (SSSR count). The summed E-state index contributed by atoms with van der Waals surface area (Å²) < 4.78 is 75.8. The topological polar surface area (TPSA) is 9.23 Å². The van der Waals surface area contributed by atoms with E-state index in [0.717, 1.165) is 0 Å². The summed E-state index contributed by atoms with van der Waals surface area (Å²) in [6.07, 6.45) is -14.7. The van der Waals surface area contributed by atoms with Crippen LogP contribution >= 0.6 is 0 Å². The molecule has 0 saturated carbocycles. The molecule has 0 radical (unpaired) electrons. The van der Waals surface area contributed by atoms with Crippen molar-refractivity contribution in [3.63, 3.8) is 0 Å². The van der Waals surface area contributed by atoms with Gasteiger partial charge in [0.15, 0.2) is 12.2 Å². The Morgan fingerprint density at radius 3 is 1.20 bits per heavy atom. The van der Waals surface area contributed by atoms with E-state index in [1.165, 1.54) is 0 Å². The summed E-state index contributed by atoms with van der Waals surface area (Å²) in [6.45, 7) is 5.50. The van der Waals surface area contributed by atoms with Crippen molar-refractivity contribution < 1.29 is 31.1 Å². The molecule has 0 amide bonds. The molecule has 0 saturated heterocycles. The Balaban J connectivity index is 4.67. The summed E-state index contributed by atoms with van der Waals surface area (Å²) >= 11 is 0. The largest absolute Gasteiger partial charge is 0.418 e. The zero-order valence-corrected chi connectivity index (χ0v) is 7.40. The van der Waals surface area contributed by atoms with Crippen LogP contribution in [0.2, 0.25) is 0 Å². The Kier molecular flexibility index (Phi) is 4.39. The Morgan fingerprint density at radius 2 is 1.07 bits per heavy atom. The second kappa shape index (κ2) is 4.69. The highest BCUT2D eigenvalue weighted by molar-refractivity contribution is 4.93. The first-order valence-electron chi connectivity index (χ1n) is 3.67. The molecule has 2 unspecified atom stereocenters. The minimum atomic E-state index is -4.92. The van der Waals surface area contributed by atoms with E-state index in [4.69, 9.17) is 0 Å². The van der Waals surface area contributed by atoms with Crippen molar-refractivity contribution in [2.45, 2.75) is 24.6 Å². The van der Waals surface area contributed by atoms with E-state index in [1.54, 1.807) is 0 Å². The number of rotatable bonds is 4. The highest BCUT2D eigenvalue weighted by Crippen LogP contribution is 2.30. The molecule has 0 aromatic rings. The van der Waals surface area contributed by atoms with Crippen LogP contribution in [-0.4, -0.2) is 24.6 Å². The molecule has 15 heavy (non-hydrogen) atoms. The smallest absolute Gasteiger partial charge is 0.348 e. The summed E-state index contributed by atoms with van der Waals surface area (Å²) in [5.41, 5.74) is 0. The molecule has 0 N–H and O–H groups in total. The van der Waals surface area contributed by atoms with Gasteiger partial charge in [0.2, 0.25) is 0 Å². The first kappa shape index (κ1) is 14.0. The van der Waals surface area contributed by atoms with Gasteiger partial charge in [0.1, 0.15) is 0 Å². The Labute approximate surface area is 82.0 Å². The van der Waals surface area contributed by atoms with Crippen LogP contribution in [0.1, 0.15) is 0 Å². The summed E-state index contributed by atoms with van der Waals surface area (Å²) in [5.74, 6) is 0. The van der Waals surface area contributed by atoms with Gasteiger partial charge in [-0.2, -0.15) is 26.3 Å². The molecular weight excluding hydrogens is 226 g/mol. The third-order valence-electron chi connectivity index (χ3n) is 1.37. The average Bonchev–Trinajstić information content (AvgIpc) is 2.01. The standard InChI is InChI=1S/C8H8F6O/c1-3-5(7(9,10)11)15-6(4-2)8(12,13)14/h3-6H,1-2H2. The first-order chi connectivity index (χ1) is 6.62. The van der Waals surface area contributed by atoms with Crippen molar-refractivity contribution in [2.75, 3.05) is 0 Å². The molecule has 0 aromatic heterocycles. The molecule has 0 heterocycles. The molecule has 0 aromatic carbocycles. The molecule has 88 valence electrons. The van der Waals surface area contributed by atoms with Gasteiger partial charge in [-0.15, -0.1) is 13.2 Å². The van der Waals surface area contributed by atoms with Crippen LogP contribution in [0.3, 0.4) is 0 Å². The van der Waals surface area contributed by atoms with Crippen LogP contribution in [0.15, 0.2) is 25.3 Å². The van der Waals surface area contributed by atoms with E-state index in [0.29, 0.717) is 0 Å². The molecule has 1 nitrogen and oxygen atoms in total. The molecule has 0 aliphatic carbocycles. The Hall–Kier alpha value is -0.980. The lowest BCUT2D eigenvalue weighted by Gasteiger charge is -2.23. The van der Waals surface area contributed by atoms with Crippen molar-refractivity contribution >= 4 is 0 Å². The lowest BCUT2D eigenvalue weighted by Crippen LogP contribution is -2.39. The van der Waals surface area contributed by atoms with E-state index >= 15 is 0 Å². The quantitative estimate of drug-likeness (QED) is 0.536. The zero-order chi connectivity index (χ0) is 12.3. The van der Waals surface area contributed by atoms with Crippen LogP contribution in [0.25, 0.3) is 0 Å². The van der Waals surface area contributed by atoms with E-state index < -0.39 is 24.6 Å². The highest BCUT2D eigenvalue weighted by atomic mass is 19.4. The van der Waals surface area contributed by atoms with Gasteiger partial charge < -0.3 is 4.74 Å². The van der Waals surface area contributed by atoms with E-state index in [1.807, 2.05) is 0 Å². The second-order valence-corrected chi connectivity index (χ2v) is 2.53. The minimum Gasteiger partial charge on any atom is -0.348 e. The third-order valence-corrected chi connectivity index (χ3v) is 1.37. The molecule has 0 aliphatic heterocycles. The number of halogens is 6. The second-order valence-electron chi connectivity index (χ2n) is 2.53. The van der Waals surface area contributed by atoms with Crippen molar-refractivity contribution in [1.82, 2.24) is 0 Å². The fraction of sp³-hybridized carbons (Fsp3) is 0.500. The normalized spacial score (nSPS) is 16.9. The van der Waals surface area contributed by atoms with Gasteiger partial charge >= 0.3 is 12.4 Å². The van der Waals surface area contributed by atoms with Crippen LogP contribution < -0.4 is 0 Å². The number of ether oxygens (including phenoxy) is 1. The SMILES string of the molecule is C=CC(OC(C=C)C(F)(F)F)C(F)(F)F. The van der Waals surface area contributed by atoms with Gasteiger partial charge in [-0.3, -0.25) is 0 Å². The molecular formula is C8H8F6O. The fourth-order valence-corrected chi connectivity index (χ4v) is 0.691. The van der Waals surface area contributed by atoms with Gasteiger partial charge in [0.05, 0.1) is 0 Å². The van der Waals surface area contributed by atoms with Gasteiger partial charge in [-0.1, -0.05) is 12.2 Å². The average molecular weight is 234 g/mol. The molecule has 0 aliphatic rings. The van der Waals surface area contributed by atoms with Gasteiger partial charge in [0, 0.05) is 0 Å². The number of hydrogen-bond donors (Lipinski definition) is 0. The third kappa shape index (κ3) is 4.37. The monoisotopic (exact) mass is 234 g/mol. The Morgan fingerprint density at radius 1 is 0.800 bits per heavy atom. The van der Waals surface area contributed by atoms with E-state index in [2.05, 4.69) is 17.9 Å². The predicted molar refractivity (Wildman–Crippen MR) is 41.2 cm³/mol. The molecule has 0 bridgehead atoms. The lowest BCUT2D eigenvalue weighted by atomic mass is 10.3. The van der Waals surface area contributed by atoms with E-state index in [-0.39, 0.29) is 12.2 Å². The predicted octanol–water partition coefficient (Wildman–Crippen LogP) is 3.24. The van der Waals surface area contributed by atoms with Crippen molar-refractivity contribution in [2.24, 2.45) is 0 Å². The van der Waals surface area contributed by atoms with Crippen molar-refractivity contribution in [1.29, 1.82) is 0 Å². The summed E-state index contributed by atoms with van der Waals surface area (Å²) in [5, 5.41) is 0. The summed E-state index contributed by atoms with van der Waals surface area (Å²) in [4.78, 5) is 0. The number of hydrogen-bond acceptors (Lipinski definition) is 1. The lowest BCUT2D eigenvalue weighted by molar-refractivity contribution is -0.262.